The number of phenolic OH excluding ortho intramolecular Hbond substituents is 1. The lowest BCUT2D eigenvalue weighted by Gasteiger charge is -2.14. The van der Waals surface area contributed by atoms with E-state index >= 15 is 0 Å². The lowest BCUT2D eigenvalue weighted by Crippen LogP contribution is -2.22. The second-order valence-corrected chi connectivity index (χ2v) is 4.28. The molecule has 0 aliphatic rings. The van der Waals surface area contributed by atoms with Crippen molar-refractivity contribution < 1.29 is 9.90 Å². The number of carbonyl (C=O) groups is 1. The van der Waals surface area contributed by atoms with Crippen LogP contribution < -0.4 is 5.32 Å². The lowest BCUT2D eigenvalue weighted by atomic mass is 9.98. The molecule has 0 saturated heterocycles. The first-order chi connectivity index (χ1) is 8.17. The van der Waals surface area contributed by atoms with Crippen LogP contribution in [0.4, 0.5) is 5.69 Å². The van der Waals surface area contributed by atoms with Crippen LogP contribution >= 0.6 is 0 Å². The Morgan fingerprint density at radius 3 is 2.47 bits per heavy atom. The molecule has 0 radical (unpaired) electrons. The molecule has 0 aliphatic heterocycles. The average Bonchev–Trinajstić information content (AvgIpc) is 2.33. The predicted molar refractivity (Wildman–Crippen MR) is 70.0 cm³/mol. The number of carbonyl (C=O) groups excluding carboxylic acids is 1. The minimum absolute atomic E-state index is 0.0756. The van der Waals surface area contributed by atoms with Gasteiger partial charge in [-0.25, -0.2) is 0 Å². The van der Waals surface area contributed by atoms with Crippen LogP contribution in [0.5, 0.6) is 5.75 Å². The monoisotopic (exact) mass is 235 g/mol. The second-order valence-electron chi connectivity index (χ2n) is 4.28. The van der Waals surface area contributed by atoms with Crippen LogP contribution in [0.15, 0.2) is 24.3 Å². The van der Waals surface area contributed by atoms with Crippen molar-refractivity contribution in [3.63, 3.8) is 0 Å². The van der Waals surface area contributed by atoms with Gasteiger partial charge in [0.2, 0.25) is 5.91 Å². The smallest absolute Gasteiger partial charge is 0.227 e. The highest BCUT2D eigenvalue weighted by Crippen LogP contribution is 2.18. The van der Waals surface area contributed by atoms with Crippen molar-refractivity contribution in [3.8, 4) is 5.75 Å². The Balaban J connectivity index is 2.54. The fourth-order valence-corrected chi connectivity index (χ4v) is 1.76. The third-order valence-corrected chi connectivity index (χ3v) is 2.90. The molecule has 0 fully saturated rings. The molecule has 0 saturated carbocycles. The summed E-state index contributed by atoms with van der Waals surface area (Å²) in [7, 11) is 0. The number of hydrogen-bond acceptors (Lipinski definition) is 2. The Kier molecular flexibility index (Phi) is 5.53. The molecular formula is C14H21NO2. The quantitative estimate of drug-likeness (QED) is 0.741. The summed E-state index contributed by atoms with van der Waals surface area (Å²) in [4.78, 5) is 12.0. The molecule has 17 heavy (non-hydrogen) atoms. The first-order valence-corrected chi connectivity index (χ1v) is 6.27. The van der Waals surface area contributed by atoms with Gasteiger partial charge in [-0.15, -0.1) is 0 Å². The Morgan fingerprint density at radius 2 is 1.94 bits per heavy atom. The average molecular weight is 235 g/mol. The molecule has 3 nitrogen and oxygen atoms in total. The summed E-state index contributed by atoms with van der Waals surface area (Å²) in [5.74, 6) is 0.372. The van der Waals surface area contributed by atoms with Crippen molar-refractivity contribution in [2.45, 2.75) is 39.5 Å². The molecule has 0 bridgehead atoms. The van der Waals surface area contributed by atoms with Crippen molar-refractivity contribution in [1.82, 2.24) is 0 Å². The molecule has 1 atom stereocenters. The van der Waals surface area contributed by atoms with E-state index in [1.807, 2.05) is 6.92 Å². The fraction of sp³-hybridized carbons (Fsp3) is 0.500. The third kappa shape index (κ3) is 4.47. The zero-order valence-electron chi connectivity index (χ0n) is 10.6. The van der Waals surface area contributed by atoms with Crippen LogP contribution in [0.25, 0.3) is 0 Å². The van der Waals surface area contributed by atoms with Crippen LogP contribution in [-0.4, -0.2) is 11.0 Å². The number of hydrogen-bond donors (Lipinski definition) is 2. The number of nitrogens with one attached hydrogen (secondary N) is 1. The minimum atomic E-state index is 0.0756. The summed E-state index contributed by atoms with van der Waals surface area (Å²) in [5, 5.41) is 12.0. The summed E-state index contributed by atoms with van der Waals surface area (Å²) in [6.07, 6.45) is 4.01. The van der Waals surface area contributed by atoms with E-state index in [2.05, 4.69) is 12.2 Å². The Morgan fingerprint density at radius 1 is 1.29 bits per heavy atom. The molecule has 1 aromatic rings. The summed E-state index contributed by atoms with van der Waals surface area (Å²) in [5.41, 5.74) is 0.739. The topological polar surface area (TPSA) is 49.3 Å². The van der Waals surface area contributed by atoms with E-state index in [4.69, 9.17) is 5.11 Å². The zero-order valence-corrected chi connectivity index (χ0v) is 10.6. The number of anilines is 1. The van der Waals surface area contributed by atoms with E-state index in [0.29, 0.717) is 0 Å². The van der Waals surface area contributed by atoms with Gasteiger partial charge in [0.1, 0.15) is 5.75 Å². The molecule has 1 aromatic carbocycles. The van der Waals surface area contributed by atoms with Gasteiger partial charge in [-0.1, -0.05) is 26.7 Å². The highest BCUT2D eigenvalue weighted by Gasteiger charge is 2.15. The molecule has 0 unspecified atom stereocenters. The van der Waals surface area contributed by atoms with Gasteiger partial charge in [-0.05, 0) is 37.1 Å². The van der Waals surface area contributed by atoms with Crippen LogP contribution in [-0.2, 0) is 4.79 Å². The lowest BCUT2D eigenvalue weighted by molar-refractivity contribution is -0.120. The maximum absolute atomic E-state index is 12.0. The van der Waals surface area contributed by atoms with Gasteiger partial charge in [0.15, 0.2) is 0 Å². The maximum Gasteiger partial charge on any atom is 0.227 e. The van der Waals surface area contributed by atoms with E-state index in [1.54, 1.807) is 24.3 Å². The summed E-state index contributed by atoms with van der Waals surface area (Å²) < 4.78 is 0. The molecule has 1 amide bonds. The molecule has 94 valence electrons. The van der Waals surface area contributed by atoms with Gasteiger partial charge in [-0.3, -0.25) is 4.79 Å². The number of benzene rings is 1. The zero-order chi connectivity index (χ0) is 12.7. The molecule has 2 N–H and O–H groups in total. The SMILES string of the molecule is CCCC[C@H](CC)C(=O)Nc1ccc(O)cc1. The highest BCUT2D eigenvalue weighted by atomic mass is 16.3. The Labute approximate surface area is 103 Å². The van der Waals surface area contributed by atoms with Gasteiger partial charge in [0.05, 0.1) is 0 Å². The first-order valence-electron chi connectivity index (χ1n) is 6.27. The highest BCUT2D eigenvalue weighted by molar-refractivity contribution is 5.92. The van der Waals surface area contributed by atoms with Crippen molar-refractivity contribution in [1.29, 1.82) is 0 Å². The summed E-state index contributed by atoms with van der Waals surface area (Å²) in [6.45, 7) is 4.17. The normalized spacial score (nSPS) is 12.1. The van der Waals surface area contributed by atoms with E-state index in [9.17, 15) is 4.79 Å². The van der Waals surface area contributed by atoms with Gasteiger partial charge in [0.25, 0.3) is 0 Å². The summed E-state index contributed by atoms with van der Waals surface area (Å²) >= 11 is 0. The second kappa shape index (κ2) is 6.94. The van der Waals surface area contributed by atoms with Crippen LogP contribution in [0.3, 0.4) is 0 Å². The molecule has 0 heterocycles. The molecular weight excluding hydrogens is 214 g/mol. The van der Waals surface area contributed by atoms with Crippen LogP contribution in [0.2, 0.25) is 0 Å². The number of phenols is 1. The largest absolute Gasteiger partial charge is 0.508 e. The van der Waals surface area contributed by atoms with Gasteiger partial charge >= 0.3 is 0 Å². The number of rotatable bonds is 6. The van der Waals surface area contributed by atoms with E-state index in [-0.39, 0.29) is 17.6 Å². The van der Waals surface area contributed by atoms with Gasteiger partial charge in [-0.2, -0.15) is 0 Å². The van der Waals surface area contributed by atoms with E-state index in [1.165, 1.54) is 0 Å². The molecule has 3 heteroatoms. The minimum Gasteiger partial charge on any atom is -0.508 e. The van der Waals surface area contributed by atoms with Crippen LogP contribution in [0.1, 0.15) is 39.5 Å². The predicted octanol–water partition coefficient (Wildman–Crippen LogP) is 3.55. The molecule has 0 aromatic heterocycles. The maximum atomic E-state index is 12.0. The van der Waals surface area contributed by atoms with Crippen molar-refractivity contribution >= 4 is 11.6 Å². The molecule has 1 rings (SSSR count). The van der Waals surface area contributed by atoms with Gasteiger partial charge in [0, 0.05) is 11.6 Å². The third-order valence-electron chi connectivity index (χ3n) is 2.90. The standard InChI is InChI=1S/C14H21NO2/c1-3-5-6-11(4-2)14(17)15-12-7-9-13(16)10-8-12/h7-11,16H,3-6H2,1-2H3,(H,15,17)/t11-/m0/s1. The van der Waals surface area contributed by atoms with Crippen LogP contribution in [0, 0.1) is 5.92 Å². The number of unbranched alkanes of at least 4 members (excludes halogenated alkanes) is 1. The Hall–Kier alpha value is -1.51. The molecule has 0 spiro atoms. The van der Waals surface area contributed by atoms with Crippen molar-refractivity contribution in [3.05, 3.63) is 24.3 Å². The fourth-order valence-electron chi connectivity index (χ4n) is 1.76. The van der Waals surface area contributed by atoms with Gasteiger partial charge < -0.3 is 10.4 Å². The van der Waals surface area contributed by atoms with Crippen molar-refractivity contribution in [2.75, 3.05) is 5.32 Å². The Bertz CT molecular complexity index is 346. The van der Waals surface area contributed by atoms with E-state index < -0.39 is 0 Å². The van der Waals surface area contributed by atoms with Crippen molar-refractivity contribution in [2.24, 2.45) is 5.92 Å². The van der Waals surface area contributed by atoms with E-state index in [0.717, 1.165) is 31.4 Å². The first kappa shape index (κ1) is 13.6. The summed E-state index contributed by atoms with van der Waals surface area (Å²) in [6, 6.07) is 6.56. The number of aromatic hydroxyl groups is 1. The number of amides is 1. The molecule has 0 aliphatic carbocycles.